The molecule has 0 saturated heterocycles. The van der Waals surface area contributed by atoms with E-state index >= 15 is 0 Å². The molecule has 1 aromatic carbocycles. The molecule has 0 aliphatic heterocycles. The second kappa shape index (κ2) is 18.4. The SMILES string of the molecule is CC(C)[C@H](NC(=O)CCCCCN)C(=O)NC(CCCNC(N)O)C(=O)Nc1ccc(COC(=O)C(C)(C)C)cc1. The lowest BCUT2D eigenvalue weighted by atomic mass is 9.97. The molecule has 12 nitrogen and oxygen atoms in total. The molecule has 12 heteroatoms. The van der Waals surface area contributed by atoms with Gasteiger partial charge >= 0.3 is 5.97 Å². The van der Waals surface area contributed by atoms with Crippen molar-refractivity contribution in [2.75, 3.05) is 18.4 Å². The molecule has 1 aromatic rings. The number of hydrogen-bond acceptors (Lipinski definition) is 9. The van der Waals surface area contributed by atoms with Crippen LogP contribution < -0.4 is 32.7 Å². The molecule has 232 valence electrons. The Morgan fingerprint density at radius 2 is 1.61 bits per heavy atom. The molecule has 9 N–H and O–H groups in total. The summed E-state index contributed by atoms with van der Waals surface area (Å²) in [5, 5.41) is 20.3. The Labute approximate surface area is 243 Å². The van der Waals surface area contributed by atoms with Gasteiger partial charge in [-0.15, -0.1) is 0 Å². The van der Waals surface area contributed by atoms with Crippen LogP contribution in [0.4, 0.5) is 5.69 Å². The quantitative estimate of drug-likeness (QED) is 0.0766. The van der Waals surface area contributed by atoms with E-state index in [1.165, 1.54) is 0 Å². The van der Waals surface area contributed by atoms with E-state index in [4.69, 9.17) is 16.2 Å². The van der Waals surface area contributed by atoms with Crippen molar-refractivity contribution in [2.24, 2.45) is 22.8 Å². The van der Waals surface area contributed by atoms with Gasteiger partial charge in [-0.05, 0) is 83.2 Å². The third kappa shape index (κ3) is 14.9. The zero-order valence-corrected chi connectivity index (χ0v) is 25.1. The number of carbonyl (C=O) groups excluding carboxylic acids is 4. The maximum Gasteiger partial charge on any atom is 0.311 e. The lowest BCUT2D eigenvalue weighted by Crippen LogP contribution is -2.54. The van der Waals surface area contributed by atoms with Gasteiger partial charge in [0.05, 0.1) is 5.41 Å². The number of unbranched alkanes of at least 4 members (excludes halogenated alkanes) is 2. The fraction of sp³-hybridized carbons (Fsp3) is 0.655. The number of aliphatic hydroxyl groups excluding tert-OH is 1. The highest BCUT2D eigenvalue weighted by molar-refractivity contribution is 5.98. The minimum absolute atomic E-state index is 0.109. The van der Waals surface area contributed by atoms with Gasteiger partial charge in [-0.3, -0.25) is 30.2 Å². The molecule has 0 saturated carbocycles. The third-order valence-corrected chi connectivity index (χ3v) is 6.23. The molecular formula is C29H50N6O6. The Balaban J connectivity index is 2.87. The van der Waals surface area contributed by atoms with Gasteiger partial charge < -0.3 is 31.5 Å². The summed E-state index contributed by atoms with van der Waals surface area (Å²) in [6, 6.07) is 5.13. The molecule has 0 aliphatic rings. The van der Waals surface area contributed by atoms with E-state index < -0.39 is 35.7 Å². The van der Waals surface area contributed by atoms with Crippen LogP contribution in [0.5, 0.6) is 0 Å². The van der Waals surface area contributed by atoms with Crippen molar-refractivity contribution in [3.63, 3.8) is 0 Å². The third-order valence-electron chi connectivity index (χ3n) is 6.23. The van der Waals surface area contributed by atoms with Crippen LogP contribution in [0.15, 0.2) is 24.3 Å². The normalized spacial score (nSPS) is 13.7. The molecule has 2 unspecified atom stereocenters. The standard InChI is InChI=1S/C29H50N6O6/c1-19(2)24(35-23(36)11-7-6-8-16-30)26(38)34-22(10-9-17-32-28(31)40)25(37)33-21-14-12-20(13-15-21)18-41-27(39)29(3,4)5/h12-15,19,22,24,28,32,40H,6-11,16-18,30-31H2,1-5H3,(H,33,37)(H,34,38)(H,35,36)/t22?,24-,28?/m0/s1. The molecule has 0 aliphatic carbocycles. The fourth-order valence-electron chi connectivity index (χ4n) is 3.75. The Bertz CT molecular complexity index is 962. The minimum Gasteiger partial charge on any atom is -0.460 e. The van der Waals surface area contributed by atoms with E-state index in [-0.39, 0.29) is 30.8 Å². The molecule has 0 fully saturated rings. The molecule has 0 radical (unpaired) electrons. The first kappa shape index (κ1) is 36.0. The van der Waals surface area contributed by atoms with Gasteiger partial charge in [0.1, 0.15) is 18.7 Å². The Morgan fingerprint density at radius 1 is 0.951 bits per heavy atom. The van der Waals surface area contributed by atoms with Gasteiger partial charge in [0.25, 0.3) is 0 Å². The largest absolute Gasteiger partial charge is 0.460 e. The number of carbonyl (C=O) groups is 4. The monoisotopic (exact) mass is 578 g/mol. The summed E-state index contributed by atoms with van der Waals surface area (Å²) in [5.74, 6) is -1.65. The summed E-state index contributed by atoms with van der Waals surface area (Å²) in [6.07, 6.45) is 2.14. The predicted octanol–water partition coefficient (Wildman–Crippen LogP) is 1.46. The highest BCUT2D eigenvalue weighted by atomic mass is 16.5. The summed E-state index contributed by atoms with van der Waals surface area (Å²) < 4.78 is 5.33. The Hall–Kier alpha value is -3.06. The van der Waals surface area contributed by atoms with Crippen molar-refractivity contribution in [1.29, 1.82) is 0 Å². The first-order valence-corrected chi connectivity index (χ1v) is 14.3. The summed E-state index contributed by atoms with van der Waals surface area (Å²) in [5.41, 5.74) is 11.5. The summed E-state index contributed by atoms with van der Waals surface area (Å²) in [4.78, 5) is 50.9. The second-order valence-electron chi connectivity index (χ2n) is 11.5. The van der Waals surface area contributed by atoms with Crippen LogP contribution in [0, 0.1) is 11.3 Å². The van der Waals surface area contributed by atoms with Crippen LogP contribution in [0.25, 0.3) is 0 Å². The average molecular weight is 579 g/mol. The molecule has 0 bridgehead atoms. The van der Waals surface area contributed by atoms with E-state index in [0.29, 0.717) is 38.0 Å². The number of esters is 1. The zero-order chi connectivity index (χ0) is 31.0. The van der Waals surface area contributed by atoms with E-state index in [1.54, 1.807) is 45.0 Å². The number of nitrogens with two attached hydrogens (primary N) is 2. The molecule has 1 rings (SSSR count). The first-order chi connectivity index (χ1) is 19.2. The minimum atomic E-state index is -1.19. The van der Waals surface area contributed by atoms with Crippen LogP contribution in [0.3, 0.4) is 0 Å². The highest BCUT2D eigenvalue weighted by Gasteiger charge is 2.29. The smallest absolute Gasteiger partial charge is 0.311 e. The molecule has 3 amide bonds. The molecule has 3 atom stereocenters. The lowest BCUT2D eigenvalue weighted by Gasteiger charge is -2.25. The van der Waals surface area contributed by atoms with Gasteiger partial charge in [0.2, 0.25) is 17.7 Å². The Morgan fingerprint density at radius 3 is 2.17 bits per heavy atom. The van der Waals surface area contributed by atoms with E-state index in [2.05, 4.69) is 21.3 Å². The number of benzene rings is 1. The van der Waals surface area contributed by atoms with Crippen molar-refractivity contribution < 1.29 is 29.0 Å². The molecule has 0 heterocycles. The number of hydrogen-bond donors (Lipinski definition) is 7. The van der Waals surface area contributed by atoms with Crippen LogP contribution in [-0.4, -0.2) is 60.3 Å². The van der Waals surface area contributed by atoms with E-state index in [9.17, 15) is 24.3 Å². The summed E-state index contributed by atoms with van der Waals surface area (Å²) >= 11 is 0. The Kier molecular flexibility index (Phi) is 16.1. The number of ether oxygens (including phenoxy) is 1. The van der Waals surface area contributed by atoms with Gasteiger partial charge in [0.15, 0.2) is 6.35 Å². The van der Waals surface area contributed by atoms with Crippen molar-refractivity contribution in [3.05, 3.63) is 29.8 Å². The van der Waals surface area contributed by atoms with Crippen molar-refractivity contribution >= 4 is 29.4 Å². The average Bonchev–Trinajstić information content (AvgIpc) is 2.89. The number of rotatable bonds is 18. The van der Waals surface area contributed by atoms with Gasteiger partial charge in [0, 0.05) is 12.1 Å². The van der Waals surface area contributed by atoms with Crippen LogP contribution >= 0.6 is 0 Å². The van der Waals surface area contributed by atoms with Crippen molar-refractivity contribution in [3.8, 4) is 0 Å². The maximum atomic E-state index is 13.2. The molecular weight excluding hydrogens is 528 g/mol. The first-order valence-electron chi connectivity index (χ1n) is 14.3. The number of anilines is 1. The highest BCUT2D eigenvalue weighted by Crippen LogP contribution is 2.18. The van der Waals surface area contributed by atoms with Crippen LogP contribution in [-0.2, 0) is 30.5 Å². The molecule has 0 aromatic heterocycles. The van der Waals surface area contributed by atoms with E-state index in [0.717, 1.165) is 18.4 Å². The number of nitrogens with one attached hydrogen (secondary N) is 4. The number of aliphatic hydroxyl groups is 1. The molecule has 0 spiro atoms. The second-order valence-corrected chi connectivity index (χ2v) is 11.5. The molecule has 41 heavy (non-hydrogen) atoms. The van der Waals surface area contributed by atoms with Gasteiger partial charge in [-0.2, -0.15) is 0 Å². The fourth-order valence-corrected chi connectivity index (χ4v) is 3.75. The van der Waals surface area contributed by atoms with Gasteiger partial charge in [-0.1, -0.05) is 32.4 Å². The topological polar surface area (TPSA) is 198 Å². The van der Waals surface area contributed by atoms with Crippen molar-refractivity contribution in [1.82, 2.24) is 16.0 Å². The maximum absolute atomic E-state index is 13.2. The predicted molar refractivity (Wildman–Crippen MR) is 158 cm³/mol. The van der Waals surface area contributed by atoms with Crippen molar-refractivity contribution in [2.45, 2.75) is 98.2 Å². The number of amides is 3. The summed E-state index contributed by atoms with van der Waals surface area (Å²) in [6.45, 7) is 9.98. The van der Waals surface area contributed by atoms with Crippen LogP contribution in [0.1, 0.15) is 78.7 Å². The van der Waals surface area contributed by atoms with Gasteiger partial charge in [-0.25, -0.2) is 0 Å². The lowest BCUT2D eigenvalue weighted by molar-refractivity contribution is -0.154. The summed E-state index contributed by atoms with van der Waals surface area (Å²) in [7, 11) is 0. The van der Waals surface area contributed by atoms with Crippen LogP contribution in [0.2, 0.25) is 0 Å². The zero-order valence-electron chi connectivity index (χ0n) is 25.1. The van der Waals surface area contributed by atoms with E-state index in [1.807, 2.05) is 13.8 Å².